The lowest BCUT2D eigenvalue weighted by atomic mass is 9.77. The van der Waals surface area contributed by atoms with E-state index in [1.54, 1.807) is 7.05 Å². The summed E-state index contributed by atoms with van der Waals surface area (Å²) in [5.74, 6) is 0.807. The molecule has 0 aromatic heterocycles. The van der Waals surface area contributed by atoms with E-state index in [2.05, 4.69) is 45.1 Å². The van der Waals surface area contributed by atoms with E-state index in [0.717, 1.165) is 12.3 Å². The molecule has 0 spiro atoms. The molecule has 0 amide bonds. The number of hydroxylamine groups is 1. The number of hydrogen-bond donors (Lipinski definition) is 1. The third-order valence-electron chi connectivity index (χ3n) is 2.03. The summed E-state index contributed by atoms with van der Waals surface area (Å²) in [7, 11) is 1.74. The van der Waals surface area contributed by atoms with E-state index in [9.17, 15) is 0 Å². The Labute approximate surface area is 94.3 Å². The van der Waals surface area contributed by atoms with Crippen molar-refractivity contribution in [2.75, 3.05) is 13.7 Å². The van der Waals surface area contributed by atoms with Crippen LogP contribution in [-0.4, -0.2) is 19.5 Å². The second kappa shape index (κ2) is 5.50. The molecule has 0 atom stereocenters. The van der Waals surface area contributed by atoms with Crippen LogP contribution in [0.4, 0.5) is 0 Å². The monoisotopic (exact) mass is 214 g/mol. The molecule has 0 rings (SSSR count). The molecule has 0 aromatic rings. The molecule has 3 nitrogen and oxygen atoms in total. The molecular weight excluding hydrogens is 188 g/mol. The zero-order valence-corrected chi connectivity index (χ0v) is 11.3. The highest BCUT2D eigenvalue weighted by Crippen LogP contribution is 2.32. The van der Waals surface area contributed by atoms with Crippen LogP contribution in [0.1, 0.15) is 48.0 Å². The van der Waals surface area contributed by atoms with Gasteiger partial charge in [0.2, 0.25) is 0 Å². The number of hydrogen-bond acceptors (Lipinski definition) is 2. The topological polar surface area (TPSA) is 33.6 Å². The van der Waals surface area contributed by atoms with E-state index < -0.39 is 0 Å². The summed E-state index contributed by atoms with van der Waals surface area (Å²) in [6, 6.07) is 0. The Hall–Kier alpha value is -0.570. The van der Waals surface area contributed by atoms with Gasteiger partial charge in [0, 0.05) is 7.05 Å². The Bertz CT molecular complexity index is 214. The summed E-state index contributed by atoms with van der Waals surface area (Å²) in [5, 5.41) is 0. The van der Waals surface area contributed by atoms with Crippen LogP contribution in [0.2, 0.25) is 0 Å². The summed E-state index contributed by atoms with van der Waals surface area (Å²) >= 11 is 0. The molecule has 0 saturated heterocycles. The first-order valence-electron chi connectivity index (χ1n) is 5.47. The molecule has 0 aliphatic carbocycles. The molecule has 0 aliphatic rings. The van der Waals surface area contributed by atoms with Crippen LogP contribution < -0.4 is 5.48 Å². The van der Waals surface area contributed by atoms with Crippen molar-refractivity contribution in [3.8, 4) is 0 Å². The predicted octanol–water partition coefficient (Wildman–Crippen LogP) is 3.02. The molecule has 3 heteroatoms. The molecule has 0 heterocycles. The van der Waals surface area contributed by atoms with E-state index in [1.807, 2.05) is 6.92 Å². The number of nitrogens with one attached hydrogen (secondary N) is 1. The normalized spacial score (nSPS) is 14.2. The Morgan fingerprint density at radius 2 is 1.73 bits per heavy atom. The minimum Gasteiger partial charge on any atom is -0.274 e. The minimum absolute atomic E-state index is 0.180. The van der Waals surface area contributed by atoms with E-state index in [-0.39, 0.29) is 5.41 Å². The SMILES string of the molecule is CN=C(C)NOCC(C)(C)CC(C)(C)C. The van der Waals surface area contributed by atoms with Gasteiger partial charge in [-0.3, -0.25) is 15.3 Å². The molecule has 0 aromatic carbocycles. The second-order valence-electron chi connectivity index (χ2n) is 6.10. The lowest BCUT2D eigenvalue weighted by Crippen LogP contribution is -2.31. The van der Waals surface area contributed by atoms with Crippen LogP contribution in [0.3, 0.4) is 0 Å². The van der Waals surface area contributed by atoms with Gasteiger partial charge in [0.15, 0.2) is 0 Å². The van der Waals surface area contributed by atoms with Crippen LogP contribution in [0.15, 0.2) is 4.99 Å². The lowest BCUT2D eigenvalue weighted by molar-refractivity contribution is 0.00699. The summed E-state index contributed by atoms with van der Waals surface area (Å²) in [5.41, 5.74) is 3.34. The van der Waals surface area contributed by atoms with Gasteiger partial charge in [0.1, 0.15) is 5.84 Å². The van der Waals surface area contributed by atoms with Gasteiger partial charge in [-0.1, -0.05) is 34.6 Å². The van der Waals surface area contributed by atoms with Gasteiger partial charge in [-0.05, 0) is 24.2 Å². The van der Waals surface area contributed by atoms with Gasteiger partial charge in [0.25, 0.3) is 0 Å². The molecule has 0 saturated carbocycles. The summed E-state index contributed by atoms with van der Waals surface area (Å²) in [4.78, 5) is 9.38. The minimum atomic E-state index is 0.180. The van der Waals surface area contributed by atoms with Crippen molar-refractivity contribution >= 4 is 5.84 Å². The van der Waals surface area contributed by atoms with Gasteiger partial charge in [0.05, 0.1) is 6.61 Å². The number of rotatable bonds is 4. The molecule has 0 unspecified atom stereocenters. The zero-order valence-electron chi connectivity index (χ0n) is 11.3. The van der Waals surface area contributed by atoms with Crippen LogP contribution in [0.25, 0.3) is 0 Å². The highest BCUT2D eigenvalue weighted by atomic mass is 16.6. The first-order chi connectivity index (χ1) is 6.66. The van der Waals surface area contributed by atoms with Gasteiger partial charge < -0.3 is 0 Å². The number of nitrogens with zero attached hydrogens (tertiary/aromatic N) is 1. The average molecular weight is 214 g/mol. The maximum Gasteiger partial charge on any atom is 0.117 e. The van der Waals surface area contributed by atoms with E-state index in [4.69, 9.17) is 4.84 Å². The van der Waals surface area contributed by atoms with Crippen LogP contribution in [-0.2, 0) is 4.84 Å². The molecule has 90 valence electrons. The Kier molecular flexibility index (Phi) is 5.29. The Morgan fingerprint density at radius 3 is 2.13 bits per heavy atom. The van der Waals surface area contributed by atoms with Gasteiger partial charge in [-0.15, -0.1) is 0 Å². The van der Waals surface area contributed by atoms with Crippen molar-refractivity contribution in [1.82, 2.24) is 5.48 Å². The van der Waals surface area contributed by atoms with Crippen molar-refractivity contribution < 1.29 is 4.84 Å². The second-order valence-corrected chi connectivity index (χ2v) is 6.10. The first kappa shape index (κ1) is 14.4. The third kappa shape index (κ3) is 8.43. The average Bonchev–Trinajstić information content (AvgIpc) is 1.98. The molecule has 0 aliphatic heterocycles. The highest BCUT2D eigenvalue weighted by molar-refractivity contribution is 5.78. The van der Waals surface area contributed by atoms with Crippen LogP contribution in [0, 0.1) is 10.8 Å². The zero-order chi connectivity index (χ0) is 12.1. The maximum absolute atomic E-state index is 5.42. The fraction of sp³-hybridized carbons (Fsp3) is 0.917. The van der Waals surface area contributed by atoms with Crippen LogP contribution in [0.5, 0.6) is 0 Å². The van der Waals surface area contributed by atoms with Crippen molar-refractivity contribution in [2.45, 2.75) is 48.0 Å². The van der Waals surface area contributed by atoms with Gasteiger partial charge in [-0.2, -0.15) is 0 Å². The van der Waals surface area contributed by atoms with E-state index in [1.165, 1.54) is 0 Å². The third-order valence-corrected chi connectivity index (χ3v) is 2.03. The van der Waals surface area contributed by atoms with E-state index >= 15 is 0 Å². The number of amidine groups is 1. The lowest BCUT2D eigenvalue weighted by Gasteiger charge is -2.31. The standard InChI is InChI=1S/C12H26N2O/c1-10(13-7)14-15-9-12(5,6)8-11(2,3)4/h8-9H2,1-7H3,(H,13,14). The molecule has 15 heavy (non-hydrogen) atoms. The first-order valence-corrected chi connectivity index (χ1v) is 5.47. The summed E-state index contributed by atoms with van der Waals surface area (Å²) in [6.45, 7) is 13.8. The molecular formula is C12H26N2O. The van der Waals surface area contributed by atoms with Crippen molar-refractivity contribution in [1.29, 1.82) is 0 Å². The fourth-order valence-electron chi connectivity index (χ4n) is 1.87. The largest absolute Gasteiger partial charge is 0.274 e. The Balaban J connectivity index is 3.94. The van der Waals surface area contributed by atoms with Crippen LogP contribution >= 0.6 is 0 Å². The maximum atomic E-state index is 5.42. The van der Waals surface area contributed by atoms with Gasteiger partial charge >= 0.3 is 0 Å². The smallest absolute Gasteiger partial charge is 0.117 e. The molecule has 0 bridgehead atoms. The van der Waals surface area contributed by atoms with Gasteiger partial charge in [-0.25, -0.2) is 0 Å². The fourth-order valence-corrected chi connectivity index (χ4v) is 1.87. The Morgan fingerprint density at radius 1 is 1.20 bits per heavy atom. The molecule has 0 radical (unpaired) electrons. The summed E-state index contributed by atoms with van der Waals surface area (Å²) < 4.78 is 0. The van der Waals surface area contributed by atoms with E-state index in [0.29, 0.717) is 12.0 Å². The van der Waals surface area contributed by atoms with Crippen molar-refractivity contribution in [2.24, 2.45) is 15.8 Å². The molecule has 1 N–H and O–H groups in total. The van der Waals surface area contributed by atoms with Crippen molar-refractivity contribution in [3.63, 3.8) is 0 Å². The predicted molar refractivity (Wildman–Crippen MR) is 66.0 cm³/mol. The quantitative estimate of drug-likeness (QED) is 0.443. The summed E-state index contributed by atoms with van der Waals surface area (Å²) in [6.07, 6.45) is 1.13. The highest BCUT2D eigenvalue weighted by Gasteiger charge is 2.25. The number of aliphatic imine (C=N–C) groups is 1. The molecule has 0 fully saturated rings. The van der Waals surface area contributed by atoms with Crippen molar-refractivity contribution in [3.05, 3.63) is 0 Å².